The van der Waals surface area contributed by atoms with E-state index < -0.39 is 0 Å². The van der Waals surface area contributed by atoms with Gasteiger partial charge in [0.2, 0.25) is 0 Å². The van der Waals surface area contributed by atoms with Gasteiger partial charge in [-0.25, -0.2) is 4.39 Å². The molecule has 0 aliphatic heterocycles. The highest BCUT2D eigenvalue weighted by atomic mass is 19.1. The largest absolute Gasteiger partial charge is 0.313 e. The van der Waals surface area contributed by atoms with Gasteiger partial charge in [-0.3, -0.25) is 0 Å². The topological polar surface area (TPSA) is 12.0 Å². The Kier molecular flexibility index (Phi) is 4.86. The van der Waals surface area contributed by atoms with Crippen molar-refractivity contribution in [2.45, 2.75) is 25.8 Å². The lowest BCUT2D eigenvalue weighted by molar-refractivity contribution is 0.532. The Labute approximate surface area is 90.7 Å². The maximum Gasteiger partial charge on any atom is 0.126 e. The predicted molar refractivity (Wildman–Crippen MR) is 61.0 cm³/mol. The third kappa shape index (κ3) is 4.14. The lowest BCUT2D eigenvalue weighted by atomic mass is 10.1. The van der Waals surface area contributed by atoms with Crippen molar-refractivity contribution in [1.82, 2.24) is 5.32 Å². The zero-order chi connectivity index (χ0) is 11.1. The Balaban J connectivity index is 2.41. The van der Waals surface area contributed by atoms with Gasteiger partial charge in [-0.15, -0.1) is 12.3 Å². The minimum atomic E-state index is -0.136. The molecule has 0 saturated heterocycles. The fraction of sp³-hybridized carbons (Fsp3) is 0.385. The Morgan fingerprint density at radius 2 is 2.20 bits per heavy atom. The van der Waals surface area contributed by atoms with E-state index in [1.54, 1.807) is 6.07 Å². The zero-order valence-corrected chi connectivity index (χ0v) is 8.96. The van der Waals surface area contributed by atoms with Crippen LogP contribution in [-0.2, 0) is 6.42 Å². The smallest absolute Gasteiger partial charge is 0.126 e. The summed E-state index contributed by atoms with van der Waals surface area (Å²) in [6.07, 6.45) is 6.54. The molecule has 1 aromatic carbocycles. The van der Waals surface area contributed by atoms with Gasteiger partial charge in [0.25, 0.3) is 0 Å². The predicted octanol–water partition coefficient (Wildman–Crippen LogP) is 2.37. The van der Waals surface area contributed by atoms with Crippen LogP contribution in [0.25, 0.3) is 0 Å². The molecule has 0 amide bonds. The van der Waals surface area contributed by atoms with E-state index in [0.29, 0.717) is 12.8 Å². The van der Waals surface area contributed by atoms with Gasteiger partial charge >= 0.3 is 0 Å². The second-order valence-electron chi connectivity index (χ2n) is 3.60. The maximum absolute atomic E-state index is 13.3. The lowest BCUT2D eigenvalue weighted by Gasteiger charge is -2.13. The number of terminal acetylenes is 1. The van der Waals surface area contributed by atoms with Gasteiger partial charge < -0.3 is 5.32 Å². The first-order chi connectivity index (χ1) is 7.24. The fourth-order valence-electron chi connectivity index (χ4n) is 1.46. The van der Waals surface area contributed by atoms with Crippen LogP contribution in [0.4, 0.5) is 4.39 Å². The summed E-state index contributed by atoms with van der Waals surface area (Å²) in [4.78, 5) is 0. The molecule has 0 spiro atoms. The van der Waals surface area contributed by atoms with Crippen molar-refractivity contribution in [3.8, 4) is 12.3 Å². The van der Waals surface area contributed by atoms with Crippen molar-refractivity contribution >= 4 is 0 Å². The Morgan fingerprint density at radius 3 is 2.87 bits per heavy atom. The van der Waals surface area contributed by atoms with Crippen LogP contribution in [0.5, 0.6) is 0 Å². The number of nitrogens with one attached hydrogen (secondary N) is 1. The van der Waals surface area contributed by atoms with E-state index in [9.17, 15) is 4.39 Å². The molecule has 1 nitrogen and oxygen atoms in total. The van der Waals surface area contributed by atoms with E-state index in [-0.39, 0.29) is 11.9 Å². The molecule has 0 saturated carbocycles. The summed E-state index contributed by atoms with van der Waals surface area (Å²) in [5.41, 5.74) is 0.748. The van der Waals surface area contributed by atoms with Crippen LogP contribution in [0.2, 0.25) is 0 Å². The van der Waals surface area contributed by atoms with E-state index in [1.165, 1.54) is 6.07 Å². The lowest BCUT2D eigenvalue weighted by Crippen LogP contribution is -2.29. The van der Waals surface area contributed by atoms with Crippen molar-refractivity contribution in [3.05, 3.63) is 35.6 Å². The molecule has 80 valence electrons. The first kappa shape index (κ1) is 11.7. The second-order valence-corrected chi connectivity index (χ2v) is 3.60. The van der Waals surface area contributed by atoms with Crippen LogP contribution in [0.3, 0.4) is 0 Å². The van der Waals surface area contributed by atoms with Crippen molar-refractivity contribution in [2.24, 2.45) is 0 Å². The van der Waals surface area contributed by atoms with Gasteiger partial charge in [-0.1, -0.05) is 18.2 Å². The van der Waals surface area contributed by atoms with Crippen molar-refractivity contribution in [3.63, 3.8) is 0 Å². The highest BCUT2D eigenvalue weighted by Crippen LogP contribution is 2.08. The quantitative estimate of drug-likeness (QED) is 0.575. The zero-order valence-electron chi connectivity index (χ0n) is 8.96. The van der Waals surface area contributed by atoms with Crippen LogP contribution >= 0.6 is 0 Å². The molecule has 1 atom stereocenters. The number of halogens is 1. The average Bonchev–Trinajstić information content (AvgIpc) is 2.22. The number of benzene rings is 1. The van der Waals surface area contributed by atoms with E-state index in [2.05, 4.69) is 11.2 Å². The summed E-state index contributed by atoms with van der Waals surface area (Å²) >= 11 is 0. The monoisotopic (exact) mass is 205 g/mol. The molecule has 0 aromatic heterocycles. The summed E-state index contributed by atoms with van der Waals surface area (Å²) in [5.74, 6) is 2.43. The SMILES string of the molecule is C#CCCNC(C)Cc1ccccc1F. The summed E-state index contributed by atoms with van der Waals surface area (Å²) in [7, 11) is 0. The average molecular weight is 205 g/mol. The summed E-state index contributed by atoms with van der Waals surface area (Å²) in [6.45, 7) is 2.81. The second kappa shape index (κ2) is 6.21. The molecule has 1 aromatic rings. The summed E-state index contributed by atoms with van der Waals surface area (Å²) in [6, 6.07) is 7.11. The summed E-state index contributed by atoms with van der Waals surface area (Å²) in [5, 5.41) is 3.25. The first-order valence-corrected chi connectivity index (χ1v) is 5.14. The van der Waals surface area contributed by atoms with E-state index in [0.717, 1.165) is 12.1 Å². The Bertz CT molecular complexity index is 341. The van der Waals surface area contributed by atoms with Crippen LogP contribution in [0.15, 0.2) is 24.3 Å². The third-order valence-electron chi connectivity index (χ3n) is 2.25. The maximum atomic E-state index is 13.3. The number of rotatable bonds is 5. The van der Waals surface area contributed by atoms with Crippen molar-refractivity contribution in [2.75, 3.05) is 6.54 Å². The molecule has 1 N–H and O–H groups in total. The number of hydrogen-bond donors (Lipinski definition) is 1. The van der Waals surface area contributed by atoms with Gasteiger partial charge in [0.15, 0.2) is 0 Å². The molecule has 2 heteroatoms. The van der Waals surface area contributed by atoms with Crippen LogP contribution in [-0.4, -0.2) is 12.6 Å². The van der Waals surface area contributed by atoms with Gasteiger partial charge in [0.1, 0.15) is 5.82 Å². The highest BCUT2D eigenvalue weighted by Gasteiger charge is 2.05. The molecule has 0 radical (unpaired) electrons. The van der Waals surface area contributed by atoms with Gasteiger partial charge in [0, 0.05) is 19.0 Å². The van der Waals surface area contributed by atoms with Gasteiger partial charge in [-0.2, -0.15) is 0 Å². The third-order valence-corrected chi connectivity index (χ3v) is 2.25. The standard InChI is InChI=1S/C13H16FN/c1-3-4-9-15-11(2)10-12-7-5-6-8-13(12)14/h1,5-8,11,15H,4,9-10H2,2H3. The number of hydrogen-bond acceptors (Lipinski definition) is 1. The molecule has 0 fully saturated rings. The molecule has 0 aliphatic carbocycles. The molecule has 0 heterocycles. The molecular formula is C13H16FN. The van der Waals surface area contributed by atoms with Crippen LogP contribution in [0.1, 0.15) is 18.9 Å². The summed E-state index contributed by atoms with van der Waals surface area (Å²) < 4.78 is 13.3. The van der Waals surface area contributed by atoms with Crippen LogP contribution in [0, 0.1) is 18.2 Å². The van der Waals surface area contributed by atoms with Crippen LogP contribution < -0.4 is 5.32 Å². The van der Waals surface area contributed by atoms with Gasteiger partial charge in [-0.05, 0) is 25.0 Å². The van der Waals surface area contributed by atoms with E-state index >= 15 is 0 Å². The Morgan fingerprint density at radius 1 is 1.47 bits per heavy atom. The molecule has 1 rings (SSSR count). The molecule has 0 bridgehead atoms. The molecule has 0 aliphatic rings. The normalized spacial score (nSPS) is 12.1. The van der Waals surface area contributed by atoms with E-state index in [4.69, 9.17) is 6.42 Å². The fourth-order valence-corrected chi connectivity index (χ4v) is 1.46. The molecular weight excluding hydrogens is 189 g/mol. The van der Waals surface area contributed by atoms with Gasteiger partial charge in [0.05, 0.1) is 0 Å². The van der Waals surface area contributed by atoms with E-state index in [1.807, 2.05) is 19.1 Å². The first-order valence-electron chi connectivity index (χ1n) is 5.14. The van der Waals surface area contributed by atoms with Crippen molar-refractivity contribution in [1.29, 1.82) is 0 Å². The minimum Gasteiger partial charge on any atom is -0.313 e. The highest BCUT2D eigenvalue weighted by molar-refractivity contribution is 5.18. The molecule has 1 unspecified atom stereocenters. The molecule has 15 heavy (non-hydrogen) atoms. The minimum absolute atomic E-state index is 0.136. The van der Waals surface area contributed by atoms with Crippen molar-refractivity contribution < 1.29 is 4.39 Å². The Hall–Kier alpha value is -1.33.